The molecule has 0 aliphatic heterocycles. The van der Waals surface area contributed by atoms with Crippen molar-refractivity contribution in [3.05, 3.63) is 53.6 Å². The molecule has 0 aromatic heterocycles. The molecule has 2 atom stereocenters. The SMILES string of the molecule is CCOC(=O)C1(C(=O)OCC)C/C(=C/c2ccccc2)[C@@H]2C=CCC[C@H]21. The fraction of sp³-hybridized carbons (Fsp3) is 0.455. The molecule has 2 aliphatic rings. The summed E-state index contributed by atoms with van der Waals surface area (Å²) in [4.78, 5) is 25.9. The highest BCUT2D eigenvalue weighted by molar-refractivity contribution is 6.02. The molecule has 2 aliphatic carbocycles. The first-order valence-corrected chi connectivity index (χ1v) is 9.40. The van der Waals surface area contributed by atoms with Gasteiger partial charge < -0.3 is 9.47 Å². The Labute approximate surface area is 154 Å². The third kappa shape index (κ3) is 3.20. The van der Waals surface area contributed by atoms with Gasteiger partial charge in [0.05, 0.1) is 13.2 Å². The first kappa shape index (κ1) is 18.4. The molecule has 1 aromatic carbocycles. The molecule has 1 saturated carbocycles. The van der Waals surface area contributed by atoms with Crippen molar-refractivity contribution in [3.8, 4) is 0 Å². The number of hydrogen-bond donors (Lipinski definition) is 0. The van der Waals surface area contributed by atoms with Crippen molar-refractivity contribution in [1.29, 1.82) is 0 Å². The minimum Gasteiger partial charge on any atom is -0.465 e. The number of carbonyl (C=O) groups is 2. The van der Waals surface area contributed by atoms with Crippen LogP contribution in [0.15, 0.2) is 48.1 Å². The van der Waals surface area contributed by atoms with Gasteiger partial charge in [0, 0.05) is 5.92 Å². The summed E-state index contributed by atoms with van der Waals surface area (Å²) >= 11 is 0. The van der Waals surface area contributed by atoms with Crippen molar-refractivity contribution in [2.45, 2.75) is 33.1 Å². The number of benzene rings is 1. The third-order valence-corrected chi connectivity index (χ3v) is 5.40. The zero-order valence-electron chi connectivity index (χ0n) is 15.4. The molecule has 1 aromatic rings. The van der Waals surface area contributed by atoms with E-state index in [0.29, 0.717) is 6.42 Å². The van der Waals surface area contributed by atoms with Gasteiger partial charge in [-0.15, -0.1) is 0 Å². The number of hydrogen-bond acceptors (Lipinski definition) is 4. The zero-order valence-corrected chi connectivity index (χ0v) is 15.4. The fourth-order valence-electron chi connectivity index (χ4n) is 4.30. The quantitative estimate of drug-likeness (QED) is 0.452. The third-order valence-electron chi connectivity index (χ3n) is 5.40. The van der Waals surface area contributed by atoms with Crippen LogP contribution in [0.5, 0.6) is 0 Å². The normalized spacial score (nSPS) is 24.9. The van der Waals surface area contributed by atoms with Crippen molar-refractivity contribution in [3.63, 3.8) is 0 Å². The summed E-state index contributed by atoms with van der Waals surface area (Å²) in [5, 5.41) is 0. The summed E-state index contributed by atoms with van der Waals surface area (Å²) in [7, 11) is 0. The van der Waals surface area contributed by atoms with Crippen LogP contribution in [0.3, 0.4) is 0 Å². The van der Waals surface area contributed by atoms with Gasteiger partial charge in [-0.1, -0.05) is 54.1 Å². The second-order valence-corrected chi connectivity index (χ2v) is 6.86. The maximum absolute atomic E-state index is 13.0. The summed E-state index contributed by atoms with van der Waals surface area (Å²) in [6.07, 6.45) is 8.40. The molecule has 0 saturated heterocycles. The lowest BCUT2D eigenvalue weighted by molar-refractivity contribution is -0.175. The molecular weight excluding hydrogens is 328 g/mol. The Kier molecular flexibility index (Phi) is 5.60. The average Bonchev–Trinajstić information content (AvgIpc) is 2.99. The van der Waals surface area contributed by atoms with Gasteiger partial charge in [0.2, 0.25) is 0 Å². The molecular formula is C22H26O4. The molecule has 0 N–H and O–H groups in total. The van der Waals surface area contributed by atoms with Crippen molar-refractivity contribution < 1.29 is 19.1 Å². The monoisotopic (exact) mass is 354 g/mol. The van der Waals surface area contributed by atoms with E-state index in [9.17, 15) is 9.59 Å². The lowest BCUT2D eigenvalue weighted by atomic mass is 9.71. The van der Waals surface area contributed by atoms with Gasteiger partial charge in [0.1, 0.15) is 0 Å². The van der Waals surface area contributed by atoms with Crippen molar-refractivity contribution >= 4 is 18.0 Å². The molecule has 0 unspecified atom stereocenters. The fourth-order valence-corrected chi connectivity index (χ4v) is 4.30. The first-order chi connectivity index (χ1) is 12.6. The van der Waals surface area contributed by atoms with Gasteiger partial charge in [-0.05, 0) is 44.6 Å². The van der Waals surface area contributed by atoms with E-state index in [1.165, 1.54) is 0 Å². The van der Waals surface area contributed by atoms with Gasteiger partial charge >= 0.3 is 11.9 Å². The second-order valence-electron chi connectivity index (χ2n) is 6.86. The molecule has 0 amide bonds. The van der Waals surface area contributed by atoms with Crippen LogP contribution in [0.4, 0.5) is 0 Å². The van der Waals surface area contributed by atoms with Crippen LogP contribution in [0, 0.1) is 17.3 Å². The zero-order chi connectivity index (χ0) is 18.6. The van der Waals surface area contributed by atoms with E-state index in [2.05, 4.69) is 18.2 Å². The van der Waals surface area contributed by atoms with E-state index in [0.717, 1.165) is 24.0 Å². The number of allylic oxidation sites excluding steroid dienone is 3. The molecule has 4 nitrogen and oxygen atoms in total. The van der Waals surface area contributed by atoms with Crippen LogP contribution in [-0.4, -0.2) is 25.2 Å². The predicted molar refractivity (Wildman–Crippen MR) is 100 cm³/mol. The van der Waals surface area contributed by atoms with Gasteiger partial charge in [-0.2, -0.15) is 0 Å². The highest BCUT2D eigenvalue weighted by atomic mass is 16.6. The maximum atomic E-state index is 13.0. The largest absolute Gasteiger partial charge is 0.465 e. The molecule has 1 fully saturated rings. The first-order valence-electron chi connectivity index (χ1n) is 9.40. The van der Waals surface area contributed by atoms with Gasteiger partial charge in [-0.3, -0.25) is 9.59 Å². The summed E-state index contributed by atoms with van der Waals surface area (Å²) < 4.78 is 10.7. The van der Waals surface area contributed by atoms with Crippen molar-refractivity contribution in [2.75, 3.05) is 13.2 Å². The Morgan fingerprint density at radius 2 is 1.77 bits per heavy atom. The molecule has 4 heteroatoms. The standard InChI is InChI=1S/C22H26O4/c1-3-25-20(23)22(21(24)26-4-2)15-17(14-16-10-6-5-7-11-16)18-12-8-9-13-19(18)22/h5-8,10-12,14,18-19H,3-4,9,13,15H2,1-2H3/b17-14-/t18-,19+/m0/s1. The van der Waals surface area contributed by atoms with Crippen LogP contribution in [0.2, 0.25) is 0 Å². The Hall–Kier alpha value is -2.36. The molecule has 0 bridgehead atoms. The lowest BCUT2D eigenvalue weighted by Gasteiger charge is -2.33. The van der Waals surface area contributed by atoms with Crippen molar-refractivity contribution in [1.82, 2.24) is 0 Å². The van der Waals surface area contributed by atoms with Crippen LogP contribution < -0.4 is 0 Å². The van der Waals surface area contributed by atoms with Crippen LogP contribution in [0.1, 0.15) is 38.7 Å². The van der Waals surface area contributed by atoms with E-state index in [-0.39, 0.29) is 25.0 Å². The van der Waals surface area contributed by atoms with E-state index in [1.807, 2.05) is 30.3 Å². The highest BCUT2D eigenvalue weighted by Gasteiger charge is 2.62. The molecule has 0 heterocycles. The minimum atomic E-state index is -1.23. The second kappa shape index (κ2) is 7.90. The molecule has 26 heavy (non-hydrogen) atoms. The van der Waals surface area contributed by atoms with E-state index in [4.69, 9.17) is 9.47 Å². The van der Waals surface area contributed by atoms with E-state index < -0.39 is 17.4 Å². The highest BCUT2D eigenvalue weighted by Crippen LogP contribution is 2.56. The molecule has 3 rings (SSSR count). The molecule has 138 valence electrons. The number of carbonyl (C=O) groups excluding carboxylic acids is 2. The Balaban J connectivity index is 2.06. The number of fused-ring (bicyclic) bond motifs is 1. The van der Waals surface area contributed by atoms with Gasteiger partial charge in [0.15, 0.2) is 5.41 Å². The number of ether oxygens (including phenoxy) is 2. The Bertz CT molecular complexity index is 699. The average molecular weight is 354 g/mol. The summed E-state index contributed by atoms with van der Waals surface area (Å²) in [5.41, 5.74) is 0.934. The van der Waals surface area contributed by atoms with Crippen LogP contribution in [0.25, 0.3) is 6.08 Å². The van der Waals surface area contributed by atoms with Crippen LogP contribution >= 0.6 is 0 Å². The smallest absolute Gasteiger partial charge is 0.324 e. The minimum absolute atomic E-state index is 0.0674. The topological polar surface area (TPSA) is 52.6 Å². The predicted octanol–water partition coefficient (Wildman–Crippen LogP) is 4.17. The summed E-state index contributed by atoms with van der Waals surface area (Å²) in [6.45, 7) is 4.05. The summed E-state index contributed by atoms with van der Waals surface area (Å²) in [6, 6.07) is 10.0. The van der Waals surface area contributed by atoms with E-state index >= 15 is 0 Å². The molecule has 0 radical (unpaired) electrons. The van der Waals surface area contributed by atoms with E-state index in [1.54, 1.807) is 13.8 Å². The number of rotatable bonds is 5. The lowest BCUT2D eigenvalue weighted by Crippen LogP contribution is -2.46. The Morgan fingerprint density at radius 3 is 2.38 bits per heavy atom. The van der Waals surface area contributed by atoms with Gasteiger partial charge in [-0.25, -0.2) is 0 Å². The Morgan fingerprint density at radius 1 is 1.12 bits per heavy atom. The van der Waals surface area contributed by atoms with Crippen LogP contribution in [-0.2, 0) is 19.1 Å². The maximum Gasteiger partial charge on any atom is 0.324 e. The van der Waals surface area contributed by atoms with Crippen molar-refractivity contribution in [2.24, 2.45) is 17.3 Å². The summed E-state index contributed by atoms with van der Waals surface area (Å²) in [5.74, 6) is -0.932. The molecule has 0 spiro atoms. The number of esters is 2. The van der Waals surface area contributed by atoms with Gasteiger partial charge in [0.25, 0.3) is 0 Å².